The molecule has 1 aromatic carbocycles. The van der Waals surface area contributed by atoms with E-state index in [4.69, 9.17) is 0 Å². The van der Waals surface area contributed by atoms with Crippen molar-refractivity contribution in [3.63, 3.8) is 0 Å². The average molecular weight is 242 g/mol. The highest BCUT2D eigenvalue weighted by atomic mass is 32.1. The molecule has 0 amide bonds. The molecule has 0 aliphatic rings. The van der Waals surface area contributed by atoms with Crippen LogP contribution in [-0.4, -0.2) is 15.0 Å². The molecule has 0 radical (unpaired) electrons. The summed E-state index contributed by atoms with van der Waals surface area (Å²) < 4.78 is 0. The molecule has 5 heteroatoms. The zero-order chi connectivity index (χ0) is 11.5. The largest absolute Gasteiger partial charge is 0.356 e. The lowest BCUT2D eigenvalue weighted by Gasteiger charge is -2.03. The van der Waals surface area contributed by atoms with Gasteiger partial charge in [-0.15, -0.1) is 11.3 Å². The minimum atomic E-state index is 0.644. The molecule has 0 atom stereocenters. The van der Waals surface area contributed by atoms with Gasteiger partial charge in [-0.1, -0.05) is 12.1 Å². The predicted octanol–water partition coefficient (Wildman–Crippen LogP) is 2.70. The van der Waals surface area contributed by atoms with Gasteiger partial charge < -0.3 is 5.32 Å². The maximum atomic E-state index is 4.53. The zero-order valence-electron chi connectivity index (χ0n) is 9.00. The molecule has 1 N–H and O–H groups in total. The number of thiazole rings is 1. The third-order valence-electron chi connectivity index (χ3n) is 2.35. The summed E-state index contributed by atoms with van der Waals surface area (Å²) in [6.07, 6.45) is 3.57. The van der Waals surface area contributed by atoms with Crippen molar-refractivity contribution in [1.29, 1.82) is 0 Å². The first-order valence-electron chi connectivity index (χ1n) is 5.26. The van der Waals surface area contributed by atoms with Gasteiger partial charge in [-0.2, -0.15) is 0 Å². The van der Waals surface area contributed by atoms with Gasteiger partial charge in [0, 0.05) is 11.6 Å². The van der Waals surface area contributed by atoms with E-state index in [1.807, 2.05) is 29.6 Å². The van der Waals surface area contributed by atoms with Crippen molar-refractivity contribution in [3.05, 3.63) is 47.7 Å². The first-order chi connectivity index (χ1) is 8.42. The number of aromatic nitrogens is 3. The molecule has 2 heterocycles. The number of rotatable bonds is 3. The third kappa shape index (κ3) is 2.24. The summed E-state index contributed by atoms with van der Waals surface area (Å²) in [6, 6.07) is 7.86. The van der Waals surface area contributed by atoms with E-state index in [1.54, 1.807) is 23.7 Å². The molecule has 84 valence electrons. The van der Waals surface area contributed by atoms with Gasteiger partial charge in [0.1, 0.15) is 0 Å². The molecule has 3 rings (SSSR count). The number of fused-ring (bicyclic) bond motifs is 1. The van der Waals surface area contributed by atoms with E-state index in [1.165, 1.54) is 0 Å². The summed E-state index contributed by atoms with van der Waals surface area (Å²) in [5.74, 6) is 0. The highest BCUT2D eigenvalue weighted by molar-refractivity contribution is 7.13. The number of benzene rings is 1. The number of nitrogens with zero attached hydrogens (tertiary/aromatic N) is 3. The molecule has 4 nitrogen and oxygen atoms in total. The summed E-state index contributed by atoms with van der Waals surface area (Å²) in [4.78, 5) is 13.0. The van der Waals surface area contributed by atoms with Crippen molar-refractivity contribution in [2.75, 3.05) is 5.32 Å². The topological polar surface area (TPSA) is 50.7 Å². The Hall–Kier alpha value is -2.01. The van der Waals surface area contributed by atoms with Crippen molar-refractivity contribution < 1.29 is 0 Å². The lowest BCUT2D eigenvalue weighted by Crippen LogP contribution is -2.02. The number of hydrogen-bond acceptors (Lipinski definition) is 5. The number of anilines is 1. The van der Waals surface area contributed by atoms with Crippen LogP contribution in [0.2, 0.25) is 0 Å². The molecular weight excluding hydrogens is 232 g/mol. The van der Waals surface area contributed by atoms with Gasteiger partial charge in [-0.25, -0.2) is 9.97 Å². The fourth-order valence-corrected chi connectivity index (χ4v) is 2.09. The summed E-state index contributed by atoms with van der Waals surface area (Å²) in [5.41, 5.74) is 2.76. The molecule has 3 aromatic rings. The highest BCUT2D eigenvalue weighted by Gasteiger charge is 2.00. The molecule has 0 aliphatic heterocycles. The van der Waals surface area contributed by atoms with Crippen LogP contribution >= 0.6 is 11.3 Å². The molecular formula is C12H10N4S. The normalized spacial score (nSPS) is 10.6. The second-order valence-electron chi connectivity index (χ2n) is 3.54. The molecule has 0 unspecified atom stereocenters. The summed E-state index contributed by atoms with van der Waals surface area (Å²) >= 11 is 1.58. The van der Waals surface area contributed by atoms with E-state index in [0.717, 1.165) is 21.9 Å². The first kappa shape index (κ1) is 10.2. The number of nitrogens with one attached hydrogen (secondary N) is 1. The van der Waals surface area contributed by atoms with Gasteiger partial charge in [-0.05, 0) is 12.1 Å². The van der Waals surface area contributed by atoms with Gasteiger partial charge >= 0.3 is 0 Å². The van der Waals surface area contributed by atoms with Gasteiger partial charge in [-0.3, -0.25) is 4.98 Å². The van der Waals surface area contributed by atoms with E-state index >= 15 is 0 Å². The van der Waals surface area contributed by atoms with Crippen LogP contribution in [0.5, 0.6) is 0 Å². The Balaban J connectivity index is 1.81. The number of hydrogen-bond donors (Lipinski definition) is 1. The summed E-state index contributed by atoms with van der Waals surface area (Å²) in [5, 5.41) is 6.05. The summed E-state index contributed by atoms with van der Waals surface area (Å²) in [7, 11) is 0. The van der Waals surface area contributed by atoms with Crippen LogP contribution in [0.1, 0.15) is 5.69 Å². The lowest BCUT2D eigenvalue weighted by atomic mass is 10.3. The van der Waals surface area contributed by atoms with Crippen LogP contribution in [0.15, 0.2) is 42.0 Å². The Labute approximate surface area is 102 Å². The quantitative estimate of drug-likeness (QED) is 0.767. The Morgan fingerprint density at radius 2 is 2.00 bits per heavy atom. The molecule has 0 fully saturated rings. The lowest BCUT2D eigenvalue weighted by molar-refractivity contribution is 1.04. The standard InChI is InChI=1S/C12H10N4S/c1-2-4-11-10(3-1)14-7-9(16-11)8-15-12-13-5-6-17-12/h1-7H,8H2,(H,13,15). The van der Waals surface area contributed by atoms with Crippen molar-refractivity contribution >= 4 is 27.5 Å². The van der Waals surface area contributed by atoms with Crippen LogP contribution in [0, 0.1) is 0 Å². The molecule has 0 spiro atoms. The van der Waals surface area contributed by atoms with Crippen molar-refractivity contribution in [2.45, 2.75) is 6.54 Å². The molecule has 17 heavy (non-hydrogen) atoms. The van der Waals surface area contributed by atoms with E-state index in [-0.39, 0.29) is 0 Å². The SMILES string of the molecule is c1ccc2nc(CNc3nccs3)cnc2c1. The molecule has 2 aromatic heterocycles. The van der Waals surface area contributed by atoms with Crippen LogP contribution in [0.25, 0.3) is 11.0 Å². The third-order valence-corrected chi connectivity index (χ3v) is 3.08. The smallest absolute Gasteiger partial charge is 0.182 e. The highest BCUT2D eigenvalue weighted by Crippen LogP contribution is 2.13. The Morgan fingerprint density at radius 1 is 1.12 bits per heavy atom. The summed E-state index contributed by atoms with van der Waals surface area (Å²) in [6.45, 7) is 0.644. The van der Waals surface area contributed by atoms with Crippen LogP contribution in [0.3, 0.4) is 0 Å². The minimum Gasteiger partial charge on any atom is -0.356 e. The van der Waals surface area contributed by atoms with Crippen molar-refractivity contribution in [1.82, 2.24) is 15.0 Å². The maximum Gasteiger partial charge on any atom is 0.182 e. The van der Waals surface area contributed by atoms with E-state index in [2.05, 4.69) is 20.3 Å². The predicted molar refractivity (Wildman–Crippen MR) is 69.0 cm³/mol. The fraction of sp³-hybridized carbons (Fsp3) is 0.0833. The Morgan fingerprint density at radius 3 is 2.82 bits per heavy atom. The molecule has 0 bridgehead atoms. The zero-order valence-corrected chi connectivity index (χ0v) is 9.81. The second-order valence-corrected chi connectivity index (χ2v) is 4.44. The van der Waals surface area contributed by atoms with Gasteiger partial charge in [0.05, 0.1) is 29.5 Å². The first-order valence-corrected chi connectivity index (χ1v) is 6.14. The van der Waals surface area contributed by atoms with Crippen LogP contribution in [-0.2, 0) is 6.54 Å². The minimum absolute atomic E-state index is 0.644. The Bertz CT molecular complexity index is 621. The average Bonchev–Trinajstić information content (AvgIpc) is 2.89. The van der Waals surface area contributed by atoms with Crippen LogP contribution < -0.4 is 5.32 Å². The second kappa shape index (κ2) is 4.47. The Kier molecular flexibility index (Phi) is 2.67. The van der Waals surface area contributed by atoms with Gasteiger partial charge in [0.25, 0.3) is 0 Å². The number of para-hydroxylation sites is 2. The van der Waals surface area contributed by atoms with E-state index in [0.29, 0.717) is 6.54 Å². The fourth-order valence-electron chi connectivity index (χ4n) is 1.56. The molecule has 0 saturated heterocycles. The molecule has 0 aliphatic carbocycles. The molecule has 0 saturated carbocycles. The van der Waals surface area contributed by atoms with Crippen molar-refractivity contribution in [2.24, 2.45) is 0 Å². The van der Waals surface area contributed by atoms with Crippen LogP contribution in [0.4, 0.5) is 5.13 Å². The van der Waals surface area contributed by atoms with Crippen molar-refractivity contribution in [3.8, 4) is 0 Å². The monoisotopic (exact) mass is 242 g/mol. The van der Waals surface area contributed by atoms with Gasteiger partial charge in [0.2, 0.25) is 0 Å². The van der Waals surface area contributed by atoms with Gasteiger partial charge in [0.15, 0.2) is 5.13 Å². The van der Waals surface area contributed by atoms with E-state index in [9.17, 15) is 0 Å². The van der Waals surface area contributed by atoms with E-state index < -0.39 is 0 Å². The maximum absolute atomic E-state index is 4.53.